The molecule has 1 aromatic carbocycles. The minimum Gasteiger partial charge on any atom is -0.379 e. The van der Waals surface area contributed by atoms with Gasteiger partial charge in [0.25, 0.3) is 0 Å². The number of hydrogen-bond donors (Lipinski definition) is 1. The van der Waals surface area contributed by atoms with Crippen molar-refractivity contribution in [2.24, 2.45) is 0 Å². The summed E-state index contributed by atoms with van der Waals surface area (Å²) in [6.45, 7) is 13.5. The van der Waals surface area contributed by atoms with E-state index in [4.69, 9.17) is 4.74 Å². The Morgan fingerprint density at radius 2 is 1.75 bits per heavy atom. The Bertz CT molecular complexity index is 333. The van der Waals surface area contributed by atoms with Crippen LogP contribution >= 0.6 is 0 Å². The Labute approximate surface area is 123 Å². The summed E-state index contributed by atoms with van der Waals surface area (Å²) in [5, 5.41) is 2.55. The van der Waals surface area contributed by atoms with Crippen molar-refractivity contribution in [2.75, 3.05) is 38.2 Å². The Balaban J connectivity index is 0.000000327. The van der Waals surface area contributed by atoms with Crippen LogP contribution in [0.4, 0.5) is 5.69 Å². The van der Waals surface area contributed by atoms with Crippen LogP contribution in [0.3, 0.4) is 0 Å². The molecule has 0 atom stereocenters. The summed E-state index contributed by atoms with van der Waals surface area (Å²) in [6, 6.07) is 7.63. The second-order valence-electron chi connectivity index (χ2n) is 4.17. The predicted octanol–water partition coefficient (Wildman–Crippen LogP) is 2.93. The zero-order valence-corrected chi connectivity index (χ0v) is 13.2. The summed E-state index contributed by atoms with van der Waals surface area (Å²) in [5.74, 6) is 0. The molecule has 0 aliphatic carbocycles. The van der Waals surface area contributed by atoms with Crippen molar-refractivity contribution in [1.82, 2.24) is 4.90 Å². The largest absolute Gasteiger partial charge is 0.379 e. The second kappa shape index (κ2) is 12.6. The molecular formula is C16H28N2O2. The lowest BCUT2D eigenvalue weighted by Crippen LogP contribution is -2.35. The molecule has 0 saturated carbocycles. The maximum atomic E-state index is 9.95. The minimum atomic E-state index is 0.671. The molecule has 20 heavy (non-hydrogen) atoms. The fourth-order valence-corrected chi connectivity index (χ4v) is 1.64. The van der Waals surface area contributed by atoms with Gasteiger partial charge < -0.3 is 10.1 Å². The predicted molar refractivity (Wildman–Crippen MR) is 85.1 cm³/mol. The molecule has 1 fully saturated rings. The van der Waals surface area contributed by atoms with Gasteiger partial charge >= 0.3 is 0 Å². The smallest absolute Gasteiger partial charge is 0.211 e. The van der Waals surface area contributed by atoms with Gasteiger partial charge in [-0.05, 0) is 25.6 Å². The average molecular weight is 280 g/mol. The fourth-order valence-electron chi connectivity index (χ4n) is 1.64. The van der Waals surface area contributed by atoms with Crippen molar-refractivity contribution >= 4 is 12.1 Å². The number of nitrogens with zero attached hydrogens (tertiary/aromatic N) is 1. The fraction of sp³-hybridized carbons (Fsp3) is 0.562. The third kappa shape index (κ3) is 8.67. The van der Waals surface area contributed by atoms with Gasteiger partial charge in [0.2, 0.25) is 6.41 Å². The molecule has 1 heterocycles. The summed E-state index contributed by atoms with van der Waals surface area (Å²) in [6.07, 6.45) is 0.671. The monoisotopic (exact) mass is 280 g/mol. The van der Waals surface area contributed by atoms with Crippen LogP contribution in [-0.4, -0.2) is 44.2 Å². The first kappa shape index (κ1) is 18.6. The van der Waals surface area contributed by atoms with Gasteiger partial charge in [-0.25, -0.2) is 0 Å². The molecule has 1 aromatic rings. The molecule has 4 nitrogen and oxygen atoms in total. The van der Waals surface area contributed by atoms with Gasteiger partial charge in [0.05, 0.1) is 13.2 Å². The molecule has 1 aliphatic heterocycles. The minimum absolute atomic E-state index is 0.671. The third-order valence-corrected chi connectivity index (χ3v) is 2.83. The van der Waals surface area contributed by atoms with Gasteiger partial charge in [-0.15, -0.1) is 0 Å². The van der Waals surface area contributed by atoms with Crippen LogP contribution in [0.1, 0.15) is 26.3 Å². The normalized spacial score (nSPS) is 14.2. The molecule has 1 aliphatic rings. The summed E-state index contributed by atoms with van der Waals surface area (Å²) < 4.78 is 5.16. The summed E-state index contributed by atoms with van der Waals surface area (Å²) in [5.41, 5.74) is 2.03. The number of aryl methyl sites for hydroxylation is 1. The first-order valence-electron chi connectivity index (χ1n) is 7.33. The first-order chi connectivity index (χ1) is 9.76. The molecule has 0 spiro atoms. The number of amides is 1. The highest BCUT2D eigenvalue weighted by molar-refractivity contribution is 5.70. The number of rotatable bonds is 3. The van der Waals surface area contributed by atoms with Crippen LogP contribution in [0.25, 0.3) is 0 Å². The number of carbonyl (C=O) groups excluding carboxylic acids is 1. The summed E-state index contributed by atoms with van der Waals surface area (Å²) in [4.78, 5) is 12.3. The third-order valence-electron chi connectivity index (χ3n) is 2.83. The number of nitrogens with one attached hydrogen (secondary N) is 1. The molecule has 4 heteroatoms. The Morgan fingerprint density at radius 3 is 2.15 bits per heavy atom. The van der Waals surface area contributed by atoms with Crippen LogP contribution in [0.15, 0.2) is 24.3 Å². The van der Waals surface area contributed by atoms with E-state index in [9.17, 15) is 4.79 Å². The van der Waals surface area contributed by atoms with E-state index in [0.29, 0.717) is 6.41 Å². The van der Waals surface area contributed by atoms with Crippen molar-refractivity contribution in [3.8, 4) is 0 Å². The molecule has 0 radical (unpaired) electrons. The van der Waals surface area contributed by atoms with Crippen molar-refractivity contribution in [3.05, 3.63) is 29.8 Å². The molecule has 1 N–H and O–H groups in total. The number of carbonyl (C=O) groups is 1. The average Bonchev–Trinajstić information content (AvgIpc) is 2.53. The van der Waals surface area contributed by atoms with E-state index in [1.165, 1.54) is 12.1 Å². The number of likely N-dealkylation sites (N-methyl/N-ethyl adjacent to an activating group) is 1. The molecule has 114 valence electrons. The second-order valence-corrected chi connectivity index (χ2v) is 4.17. The Hall–Kier alpha value is -1.39. The highest BCUT2D eigenvalue weighted by Gasteiger charge is 2.05. The van der Waals surface area contributed by atoms with E-state index in [1.807, 2.05) is 45.0 Å². The zero-order valence-electron chi connectivity index (χ0n) is 13.2. The van der Waals surface area contributed by atoms with E-state index in [2.05, 4.69) is 17.1 Å². The van der Waals surface area contributed by atoms with Gasteiger partial charge in [0, 0.05) is 18.8 Å². The maximum absolute atomic E-state index is 9.95. The lowest BCUT2D eigenvalue weighted by Gasteiger charge is -2.24. The number of morpholine rings is 1. The molecule has 0 aromatic heterocycles. The van der Waals surface area contributed by atoms with Crippen molar-refractivity contribution in [1.29, 1.82) is 0 Å². The van der Waals surface area contributed by atoms with E-state index in [1.54, 1.807) is 0 Å². The highest BCUT2D eigenvalue weighted by Crippen LogP contribution is 2.06. The van der Waals surface area contributed by atoms with Crippen LogP contribution in [0.2, 0.25) is 0 Å². The lowest BCUT2D eigenvalue weighted by molar-refractivity contribution is -0.105. The summed E-state index contributed by atoms with van der Waals surface area (Å²) >= 11 is 0. The van der Waals surface area contributed by atoms with Crippen molar-refractivity contribution < 1.29 is 9.53 Å². The quantitative estimate of drug-likeness (QED) is 0.866. The highest BCUT2D eigenvalue weighted by atomic mass is 16.5. The molecule has 0 unspecified atom stereocenters. The standard InChI is InChI=1S/C8H9NO.C6H13NO.C2H6/c1-7-2-4-8(5-3-7)9-6-10;1-2-7-3-5-8-6-4-7;1-2/h2-6H,1H3,(H,9,10);2-6H2,1H3;1-2H3. The van der Waals surface area contributed by atoms with Gasteiger partial charge in [-0.1, -0.05) is 38.5 Å². The molecule has 1 saturated heterocycles. The Kier molecular flexibility index (Phi) is 11.8. The van der Waals surface area contributed by atoms with Crippen molar-refractivity contribution in [2.45, 2.75) is 27.7 Å². The number of hydrogen-bond acceptors (Lipinski definition) is 3. The number of anilines is 1. The van der Waals surface area contributed by atoms with E-state index in [0.717, 1.165) is 32.0 Å². The Morgan fingerprint density at radius 1 is 1.20 bits per heavy atom. The summed E-state index contributed by atoms with van der Waals surface area (Å²) in [7, 11) is 0. The molecule has 0 bridgehead atoms. The van der Waals surface area contributed by atoms with Gasteiger partial charge in [-0.3, -0.25) is 9.69 Å². The van der Waals surface area contributed by atoms with Crippen LogP contribution in [0.5, 0.6) is 0 Å². The van der Waals surface area contributed by atoms with E-state index >= 15 is 0 Å². The van der Waals surface area contributed by atoms with E-state index < -0.39 is 0 Å². The number of ether oxygens (including phenoxy) is 1. The van der Waals surface area contributed by atoms with Crippen LogP contribution in [0, 0.1) is 6.92 Å². The number of benzene rings is 1. The lowest BCUT2D eigenvalue weighted by atomic mass is 10.2. The van der Waals surface area contributed by atoms with Gasteiger partial charge in [0.1, 0.15) is 0 Å². The van der Waals surface area contributed by atoms with Crippen molar-refractivity contribution in [3.63, 3.8) is 0 Å². The van der Waals surface area contributed by atoms with Crippen LogP contribution in [-0.2, 0) is 9.53 Å². The first-order valence-corrected chi connectivity index (χ1v) is 7.33. The topological polar surface area (TPSA) is 41.6 Å². The van der Waals surface area contributed by atoms with Gasteiger partial charge in [0.15, 0.2) is 0 Å². The molecule has 2 rings (SSSR count). The molecular weight excluding hydrogens is 252 g/mol. The molecule has 1 amide bonds. The van der Waals surface area contributed by atoms with E-state index in [-0.39, 0.29) is 0 Å². The zero-order chi connectivity index (χ0) is 15.2. The van der Waals surface area contributed by atoms with Crippen LogP contribution < -0.4 is 5.32 Å². The maximum Gasteiger partial charge on any atom is 0.211 e. The van der Waals surface area contributed by atoms with Gasteiger partial charge in [-0.2, -0.15) is 0 Å². The SMILES string of the molecule is CC.CCN1CCOCC1.Cc1ccc(NC=O)cc1.